The highest BCUT2D eigenvalue weighted by Gasteiger charge is 2.07. The Bertz CT molecular complexity index is 310. The number of aliphatic hydroxyl groups excluding tert-OH is 1. The Hall–Kier alpha value is -0.380. The van der Waals surface area contributed by atoms with Crippen LogP contribution in [0.1, 0.15) is 18.1 Å². The zero-order valence-electron chi connectivity index (χ0n) is 9.04. The molecule has 15 heavy (non-hydrogen) atoms. The maximum atomic E-state index is 9.07. The molecule has 3 heteroatoms. The molecule has 0 aliphatic rings. The molecule has 3 N–H and O–H groups in total. The zero-order valence-corrected chi connectivity index (χ0v) is 10.6. The summed E-state index contributed by atoms with van der Waals surface area (Å²) in [6.45, 7) is 2.82. The van der Waals surface area contributed by atoms with Crippen molar-refractivity contribution >= 4 is 15.9 Å². The Balaban J connectivity index is 2.74. The maximum Gasteiger partial charge on any atom is 0.0474 e. The van der Waals surface area contributed by atoms with Crippen LogP contribution in [-0.4, -0.2) is 18.3 Å². The van der Waals surface area contributed by atoms with Gasteiger partial charge in [0.1, 0.15) is 0 Å². The summed E-state index contributed by atoms with van der Waals surface area (Å²) < 4.78 is 1.15. The van der Waals surface area contributed by atoms with Gasteiger partial charge >= 0.3 is 0 Å². The SMILES string of the molecule is CCc1ccc(CC(CN)CO)cc1Br. The number of halogens is 1. The summed E-state index contributed by atoms with van der Waals surface area (Å²) >= 11 is 3.55. The molecule has 1 atom stereocenters. The lowest BCUT2D eigenvalue weighted by molar-refractivity contribution is 0.230. The van der Waals surface area contributed by atoms with Gasteiger partial charge < -0.3 is 10.8 Å². The van der Waals surface area contributed by atoms with E-state index in [1.54, 1.807) is 0 Å². The second kappa shape index (κ2) is 6.26. The first-order valence-corrected chi connectivity index (χ1v) is 6.08. The molecule has 0 aliphatic heterocycles. The standard InChI is InChI=1S/C12H18BrNO/c1-2-11-4-3-9(6-12(11)13)5-10(7-14)8-15/h3-4,6,10,15H,2,5,7-8,14H2,1H3. The van der Waals surface area contributed by atoms with Crippen molar-refractivity contribution in [3.63, 3.8) is 0 Å². The molecule has 2 nitrogen and oxygen atoms in total. The normalized spacial score (nSPS) is 12.8. The molecule has 0 saturated carbocycles. The van der Waals surface area contributed by atoms with Gasteiger partial charge in [0.15, 0.2) is 0 Å². The summed E-state index contributed by atoms with van der Waals surface area (Å²) in [5, 5.41) is 9.07. The van der Waals surface area contributed by atoms with E-state index >= 15 is 0 Å². The van der Waals surface area contributed by atoms with Gasteiger partial charge in [-0.1, -0.05) is 35.0 Å². The van der Waals surface area contributed by atoms with E-state index in [1.165, 1.54) is 11.1 Å². The van der Waals surface area contributed by atoms with Crippen LogP contribution in [0.25, 0.3) is 0 Å². The van der Waals surface area contributed by atoms with Crippen LogP contribution in [0.3, 0.4) is 0 Å². The highest BCUT2D eigenvalue weighted by molar-refractivity contribution is 9.10. The Morgan fingerprint density at radius 3 is 2.67 bits per heavy atom. The van der Waals surface area contributed by atoms with Gasteiger partial charge in [0.25, 0.3) is 0 Å². The minimum Gasteiger partial charge on any atom is -0.396 e. The van der Waals surface area contributed by atoms with Crippen LogP contribution in [0, 0.1) is 5.92 Å². The number of aryl methyl sites for hydroxylation is 1. The van der Waals surface area contributed by atoms with Crippen molar-refractivity contribution in [2.45, 2.75) is 19.8 Å². The lowest BCUT2D eigenvalue weighted by Crippen LogP contribution is -2.20. The number of hydrogen-bond acceptors (Lipinski definition) is 2. The number of aliphatic hydroxyl groups is 1. The van der Waals surface area contributed by atoms with Gasteiger partial charge in [-0.05, 0) is 42.5 Å². The molecule has 0 fully saturated rings. The van der Waals surface area contributed by atoms with Crippen LogP contribution in [0.4, 0.5) is 0 Å². The van der Waals surface area contributed by atoms with Crippen LogP contribution < -0.4 is 5.73 Å². The summed E-state index contributed by atoms with van der Waals surface area (Å²) in [4.78, 5) is 0. The van der Waals surface area contributed by atoms with E-state index < -0.39 is 0 Å². The Morgan fingerprint density at radius 1 is 1.47 bits per heavy atom. The minimum absolute atomic E-state index is 0.156. The van der Waals surface area contributed by atoms with Crippen molar-refractivity contribution in [3.8, 4) is 0 Å². The Kier molecular flexibility index (Phi) is 5.29. The maximum absolute atomic E-state index is 9.07. The molecule has 1 unspecified atom stereocenters. The molecular formula is C12H18BrNO. The first kappa shape index (κ1) is 12.7. The average molecular weight is 272 g/mol. The number of hydrogen-bond donors (Lipinski definition) is 2. The zero-order chi connectivity index (χ0) is 11.3. The van der Waals surface area contributed by atoms with Crippen LogP contribution >= 0.6 is 15.9 Å². The molecule has 0 heterocycles. The van der Waals surface area contributed by atoms with Gasteiger partial charge in [-0.2, -0.15) is 0 Å². The average Bonchev–Trinajstić information content (AvgIpc) is 2.26. The van der Waals surface area contributed by atoms with Gasteiger partial charge in [0, 0.05) is 11.1 Å². The topological polar surface area (TPSA) is 46.2 Å². The van der Waals surface area contributed by atoms with Gasteiger partial charge in [-0.15, -0.1) is 0 Å². The van der Waals surface area contributed by atoms with Crippen molar-refractivity contribution < 1.29 is 5.11 Å². The van der Waals surface area contributed by atoms with Crippen molar-refractivity contribution in [2.75, 3.05) is 13.2 Å². The van der Waals surface area contributed by atoms with Gasteiger partial charge in [0.05, 0.1) is 0 Å². The van der Waals surface area contributed by atoms with Gasteiger partial charge in [-0.3, -0.25) is 0 Å². The Morgan fingerprint density at radius 2 is 2.20 bits per heavy atom. The van der Waals surface area contributed by atoms with E-state index in [0.29, 0.717) is 6.54 Å². The fourth-order valence-electron chi connectivity index (χ4n) is 1.56. The lowest BCUT2D eigenvalue weighted by atomic mass is 9.99. The second-order valence-corrected chi connectivity index (χ2v) is 4.62. The Labute approximate surface area is 99.6 Å². The van der Waals surface area contributed by atoms with Gasteiger partial charge in [-0.25, -0.2) is 0 Å². The van der Waals surface area contributed by atoms with Crippen molar-refractivity contribution in [1.82, 2.24) is 0 Å². The first-order chi connectivity index (χ1) is 7.21. The van der Waals surface area contributed by atoms with E-state index in [0.717, 1.165) is 17.3 Å². The molecule has 0 aliphatic carbocycles. The quantitative estimate of drug-likeness (QED) is 0.862. The van der Waals surface area contributed by atoms with Crippen molar-refractivity contribution in [2.24, 2.45) is 11.7 Å². The third kappa shape index (κ3) is 3.59. The molecule has 0 bridgehead atoms. The molecule has 1 rings (SSSR count). The third-order valence-electron chi connectivity index (χ3n) is 2.61. The monoisotopic (exact) mass is 271 g/mol. The lowest BCUT2D eigenvalue weighted by Gasteiger charge is -2.12. The number of rotatable bonds is 5. The van der Waals surface area contributed by atoms with Crippen LogP contribution in [0.5, 0.6) is 0 Å². The third-order valence-corrected chi connectivity index (χ3v) is 3.35. The summed E-state index contributed by atoms with van der Waals surface area (Å²) in [5.74, 6) is 0.171. The summed E-state index contributed by atoms with van der Waals surface area (Å²) in [6.07, 6.45) is 1.87. The van der Waals surface area contributed by atoms with E-state index in [9.17, 15) is 0 Å². The highest BCUT2D eigenvalue weighted by atomic mass is 79.9. The van der Waals surface area contributed by atoms with E-state index in [-0.39, 0.29) is 12.5 Å². The smallest absolute Gasteiger partial charge is 0.0474 e. The molecule has 0 radical (unpaired) electrons. The molecule has 0 amide bonds. The largest absolute Gasteiger partial charge is 0.396 e. The predicted molar refractivity (Wildman–Crippen MR) is 66.9 cm³/mol. The molecular weight excluding hydrogens is 254 g/mol. The summed E-state index contributed by atoms with van der Waals surface area (Å²) in [5.41, 5.74) is 8.09. The summed E-state index contributed by atoms with van der Waals surface area (Å²) in [7, 11) is 0. The van der Waals surface area contributed by atoms with Crippen LogP contribution in [-0.2, 0) is 12.8 Å². The van der Waals surface area contributed by atoms with Gasteiger partial charge in [0.2, 0.25) is 0 Å². The van der Waals surface area contributed by atoms with E-state index in [4.69, 9.17) is 10.8 Å². The number of nitrogens with two attached hydrogens (primary N) is 1. The van der Waals surface area contributed by atoms with E-state index in [1.807, 2.05) is 0 Å². The molecule has 84 valence electrons. The summed E-state index contributed by atoms with van der Waals surface area (Å²) in [6, 6.07) is 6.36. The fourth-order valence-corrected chi connectivity index (χ4v) is 2.27. The molecule has 0 spiro atoms. The number of benzene rings is 1. The highest BCUT2D eigenvalue weighted by Crippen LogP contribution is 2.20. The van der Waals surface area contributed by atoms with E-state index in [2.05, 4.69) is 41.1 Å². The molecule has 1 aromatic rings. The second-order valence-electron chi connectivity index (χ2n) is 3.77. The molecule has 0 saturated heterocycles. The first-order valence-electron chi connectivity index (χ1n) is 5.29. The molecule has 1 aromatic carbocycles. The minimum atomic E-state index is 0.156. The molecule has 0 aromatic heterocycles. The van der Waals surface area contributed by atoms with Crippen LogP contribution in [0.15, 0.2) is 22.7 Å². The van der Waals surface area contributed by atoms with Crippen LogP contribution in [0.2, 0.25) is 0 Å². The fraction of sp³-hybridized carbons (Fsp3) is 0.500. The van der Waals surface area contributed by atoms with Crippen molar-refractivity contribution in [3.05, 3.63) is 33.8 Å². The predicted octanol–water partition coefficient (Wildman–Crippen LogP) is 2.12. The van der Waals surface area contributed by atoms with Crippen molar-refractivity contribution in [1.29, 1.82) is 0 Å².